The average Bonchev–Trinajstić information content (AvgIpc) is 3.38. The van der Waals surface area contributed by atoms with Crippen LogP contribution in [0.5, 0.6) is 0 Å². The largest absolute Gasteiger partial charge is 0.466 e. The van der Waals surface area contributed by atoms with E-state index in [0.717, 1.165) is 44.9 Å². The highest BCUT2D eigenvalue weighted by Gasteiger charge is 2.20. The molecule has 6 heteroatoms. The Morgan fingerprint density at radius 2 is 0.653 bits per heavy atom. The number of nitrogens with one attached hydrogen (secondary N) is 1. The monoisotopic (exact) mass is 1020 g/mol. The van der Waals surface area contributed by atoms with Gasteiger partial charge in [-0.25, -0.2) is 0 Å². The quantitative estimate of drug-likeness (QED) is 0.0320. The molecule has 0 aromatic rings. The highest BCUT2D eigenvalue weighted by atomic mass is 16.5. The Bertz CT molecular complexity index is 1080. The zero-order valence-electron chi connectivity index (χ0n) is 48.9. The number of rotatable bonds is 62. The number of ether oxygens (including phenoxy) is 1. The molecule has 0 heterocycles. The topological polar surface area (TPSA) is 95.9 Å². The molecule has 428 valence electrons. The maximum Gasteiger partial charge on any atom is 0.305 e. The van der Waals surface area contributed by atoms with E-state index in [1.54, 1.807) is 0 Å². The zero-order chi connectivity index (χ0) is 52.2. The molecule has 0 spiro atoms. The summed E-state index contributed by atoms with van der Waals surface area (Å²) in [5, 5.41) is 23.3. The van der Waals surface area contributed by atoms with E-state index < -0.39 is 12.1 Å². The second-order valence-corrected chi connectivity index (χ2v) is 22.8. The van der Waals surface area contributed by atoms with Crippen LogP contribution < -0.4 is 5.32 Å². The standard InChI is InChI=1S/C66H129NO5/c1-3-5-7-9-11-13-15-17-19-21-24-28-32-36-40-44-48-52-56-60-66(71)72-61-57-53-49-45-41-37-33-29-26-23-22-25-27-31-35-39-43-47-51-55-59-65(70)67-63(62-68)64(69)58-54-50-46-42-38-34-30-20-18-16-14-12-10-8-6-4-2/h17,19,63-64,68-69H,3-16,18,20-62H2,1-2H3,(H,67,70)/b19-17-. The Kier molecular flexibility index (Phi) is 60.9. The van der Waals surface area contributed by atoms with E-state index >= 15 is 0 Å². The minimum Gasteiger partial charge on any atom is -0.466 e. The molecule has 0 saturated heterocycles. The molecule has 2 atom stereocenters. The van der Waals surface area contributed by atoms with Gasteiger partial charge in [0.2, 0.25) is 5.91 Å². The van der Waals surface area contributed by atoms with Crippen LogP contribution in [-0.2, 0) is 14.3 Å². The Morgan fingerprint density at radius 3 is 0.986 bits per heavy atom. The second-order valence-electron chi connectivity index (χ2n) is 22.8. The zero-order valence-corrected chi connectivity index (χ0v) is 48.9. The Labute approximate surface area is 450 Å². The Morgan fingerprint density at radius 1 is 0.375 bits per heavy atom. The second kappa shape index (κ2) is 62.1. The van der Waals surface area contributed by atoms with Crippen molar-refractivity contribution in [2.75, 3.05) is 13.2 Å². The van der Waals surface area contributed by atoms with Crippen LogP contribution in [0.25, 0.3) is 0 Å². The lowest BCUT2D eigenvalue weighted by Crippen LogP contribution is -2.45. The first-order chi connectivity index (χ1) is 35.5. The molecule has 2 unspecified atom stereocenters. The van der Waals surface area contributed by atoms with Crippen LogP contribution in [0.1, 0.15) is 373 Å². The van der Waals surface area contributed by atoms with Gasteiger partial charge in [-0.2, -0.15) is 0 Å². The van der Waals surface area contributed by atoms with Crippen molar-refractivity contribution in [2.45, 2.75) is 386 Å². The lowest BCUT2D eigenvalue weighted by Gasteiger charge is -2.22. The fraction of sp³-hybridized carbons (Fsp3) is 0.939. The minimum absolute atomic E-state index is 0.0113. The molecule has 0 saturated carbocycles. The van der Waals surface area contributed by atoms with Crippen molar-refractivity contribution in [3.63, 3.8) is 0 Å². The molecular formula is C66H129NO5. The van der Waals surface area contributed by atoms with Crippen molar-refractivity contribution in [1.29, 1.82) is 0 Å². The lowest BCUT2D eigenvalue weighted by molar-refractivity contribution is -0.143. The molecule has 1 amide bonds. The van der Waals surface area contributed by atoms with Gasteiger partial charge in [0.1, 0.15) is 0 Å². The summed E-state index contributed by atoms with van der Waals surface area (Å²) in [4.78, 5) is 24.6. The number of hydrogen-bond donors (Lipinski definition) is 3. The summed E-state index contributed by atoms with van der Waals surface area (Å²) in [6.45, 7) is 4.98. The molecule has 0 bridgehead atoms. The molecule has 0 radical (unpaired) electrons. The van der Waals surface area contributed by atoms with Crippen LogP contribution in [-0.4, -0.2) is 47.4 Å². The summed E-state index contributed by atoms with van der Waals surface area (Å²) in [6, 6.07) is -0.542. The minimum atomic E-state index is -0.665. The van der Waals surface area contributed by atoms with Gasteiger partial charge in [-0.3, -0.25) is 9.59 Å². The van der Waals surface area contributed by atoms with Crippen molar-refractivity contribution < 1.29 is 24.5 Å². The van der Waals surface area contributed by atoms with Crippen molar-refractivity contribution in [1.82, 2.24) is 5.32 Å². The Hall–Kier alpha value is -1.40. The predicted molar refractivity (Wildman–Crippen MR) is 315 cm³/mol. The van der Waals surface area contributed by atoms with Crippen LogP contribution in [0.15, 0.2) is 12.2 Å². The molecule has 0 fully saturated rings. The lowest BCUT2D eigenvalue weighted by atomic mass is 10.0. The number of allylic oxidation sites excluding steroid dienone is 2. The predicted octanol–water partition coefficient (Wildman–Crippen LogP) is 20.8. The third-order valence-electron chi connectivity index (χ3n) is 15.6. The number of unbranched alkanes of at least 4 members (excludes halogenated alkanes) is 49. The third kappa shape index (κ3) is 57.9. The van der Waals surface area contributed by atoms with Crippen LogP contribution in [0.4, 0.5) is 0 Å². The highest BCUT2D eigenvalue weighted by molar-refractivity contribution is 5.76. The van der Waals surface area contributed by atoms with Gasteiger partial charge >= 0.3 is 5.97 Å². The summed E-state index contributed by atoms with van der Waals surface area (Å²) in [7, 11) is 0. The van der Waals surface area contributed by atoms with Gasteiger partial charge in [0.05, 0.1) is 25.4 Å². The van der Waals surface area contributed by atoms with Gasteiger partial charge in [-0.1, -0.05) is 321 Å². The first kappa shape index (κ1) is 70.6. The highest BCUT2D eigenvalue weighted by Crippen LogP contribution is 2.19. The third-order valence-corrected chi connectivity index (χ3v) is 15.6. The van der Waals surface area contributed by atoms with Gasteiger partial charge in [-0.15, -0.1) is 0 Å². The molecule has 0 aromatic carbocycles. The fourth-order valence-electron chi connectivity index (χ4n) is 10.5. The number of amides is 1. The molecule has 0 aromatic heterocycles. The van der Waals surface area contributed by atoms with E-state index in [-0.39, 0.29) is 18.5 Å². The molecule has 0 aliphatic rings. The normalized spacial score (nSPS) is 12.6. The number of hydrogen-bond acceptors (Lipinski definition) is 5. The first-order valence-corrected chi connectivity index (χ1v) is 32.9. The van der Waals surface area contributed by atoms with E-state index in [1.165, 1.54) is 295 Å². The van der Waals surface area contributed by atoms with Crippen LogP contribution in [0, 0.1) is 0 Å². The SMILES string of the molecule is CCCCCCCC/C=C\CCCCCCCCCCCC(=O)OCCCCCCCCCCCCCCCCCCCCCCC(=O)NC(CO)C(O)CCCCCCCCCCCCCCCCCC. The molecular weight excluding hydrogens is 887 g/mol. The first-order valence-electron chi connectivity index (χ1n) is 32.9. The van der Waals surface area contributed by atoms with Gasteiger partial charge < -0.3 is 20.3 Å². The summed E-state index contributed by atoms with van der Waals surface area (Å²) < 4.78 is 5.50. The van der Waals surface area contributed by atoms with Gasteiger partial charge in [0, 0.05) is 12.8 Å². The van der Waals surface area contributed by atoms with Crippen molar-refractivity contribution in [3.05, 3.63) is 12.2 Å². The number of aliphatic hydroxyl groups is 2. The number of carbonyl (C=O) groups excluding carboxylic acids is 2. The smallest absolute Gasteiger partial charge is 0.305 e. The maximum atomic E-state index is 12.5. The van der Waals surface area contributed by atoms with E-state index in [0.29, 0.717) is 25.9 Å². The van der Waals surface area contributed by atoms with E-state index in [4.69, 9.17) is 4.74 Å². The van der Waals surface area contributed by atoms with Gasteiger partial charge in [0.15, 0.2) is 0 Å². The average molecular weight is 1020 g/mol. The van der Waals surface area contributed by atoms with Crippen LogP contribution >= 0.6 is 0 Å². The number of esters is 1. The summed E-state index contributed by atoms with van der Waals surface area (Å²) >= 11 is 0. The van der Waals surface area contributed by atoms with E-state index in [2.05, 4.69) is 31.3 Å². The van der Waals surface area contributed by atoms with Gasteiger partial charge in [0.25, 0.3) is 0 Å². The molecule has 3 N–H and O–H groups in total. The van der Waals surface area contributed by atoms with Gasteiger partial charge in [-0.05, 0) is 51.4 Å². The number of aliphatic hydroxyl groups excluding tert-OH is 2. The van der Waals surface area contributed by atoms with Crippen LogP contribution in [0.2, 0.25) is 0 Å². The van der Waals surface area contributed by atoms with Crippen LogP contribution in [0.3, 0.4) is 0 Å². The Balaban J connectivity index is 3.37. The fourth-order valence-corrected chi connectivity index (χ4v) is 10.5. The van der Waals surface area contributed by atoms with E-state index in [1.807, 2.05) is 0 Å². The number of carbonyl (C=O) groups is 2. The summed E-state index contributed by atoms with van der Waals surface area (Å²) in [5.41, 5.74) is 0. The molecule has 72 heavy (non-hydrogen) atoms. The summed E-state index contributed by atoms with van der Waals surface area (Å²) in [5.74, 6) is -0.0223. The molecule has 6 nitrogen and oxygen atoms in total. The molecule has 0 aliphatic heterocycles. The van der Waals surface area contributed by atoms with E-state index in [9.17, 15) is 19.8 Å². The van der Waals surface area contributed by atoms with Crippen molar-refractivity contribution in [2.24, 2.45) is 0 Å². The molecule has 0 rings (SSSR count). The summed E-state index contributed by atoms with van der Waals surface area (Å²) in [6.07, 6.45) is 75.1. The van der Waals surface area contributed by atoms with Crippen molar-refractivity contribution in [3.8, 4) is 0 Å². The molecule has 0 aliphatic carbocycles. The maximum absolute atomic E-state index is 12.5. The van der Waals surface area contributed by atoms with Crippen molar-refractivity contribution >= 4 is 11.9 Å².